The third-order valence-corrected chi connectivity index (χ3v) is 15.0. The van der Waals surface area contributed by atoms with E-state index in [0.717, 1.165) is 10.9 Å². The molecule has 62 heavy (non-hydrogen) atoms. The lowest BCUT2D eigenvalue weighted by molar-refractivity contribution is -0.597. The molecule has 0 aromatic heterocycles. The number of halogens is 1. The van der Waals surface area contributed by atoms with Gasteiger partial charge < -0.3 is 0 Å². The highest BCUT2D eigenvalue weighted by Crippen LogP contribution is 2.30. The molecule has 0 nitrogen and oxygen atoms in total. The summed E-state index contributed by atoms with van der Waals surface area (Å²) in [5.41, 5.74) is 0. The van der Waals surface area contributed by atoms with Gasteiger partial charge in [-0.1, -0.05) is 236 Å². The highest BCUT2D eigenvalue weighted by atomic mass is 127. The van der Waals surface area contributed by atoms with Crippen molar-refractivity contribution >= 4 is 32.6 Å². The number of benzene rings is 7. The van der Waals surface area contributed by atoms with Crippen LogP contribution >= 0.6 is 0 Å². The highest BCUT2D eigenvalue weighted by Gasteiger charge is 2.27. The van der Waals surface area contributed by atoms with E-state index in [4.69, 9.17) is 0 Å². The number of rotatable bonds is 6. The highest BCUT2D eigenvalue weighted by molar-refractivity contribution is 7.98. The van der Waals surface area contributed by atoms with Crippen LogP contribution in [0.3, 0.4) is 0 Å². The first-order valence-electron chi connectivity index (χ1n) is 23.5. The molecule has 7 aromatic rings. The number of hydrogen-bond acceptors (Lipinski definition) is 0. The van der Waals surface area contributed by atoms with Crippen LogP contribution in [0, 0.1) is 7.14 Å². The summed E-state index contributed by atoms with van der Waals surface area (Å²) >= 11 is 0.0287. The first-order valence-corrected chi connectivity index (χ1v) is 28.6. The Morgan fingerprint density at radius 2 is 0.565 bits per heavy atom. The first-order chi connectivity index (χ1) is 30.8. The molecule has 7 aromatic carbocycles. The normalized spacial score (nSPS) is 9.87. The molecule has 0 unspecified atom stereocenters. The molecular weight excluding hydrogens is 900 g/mol. The van der Waals surface area contributed by atoms with E-state index >= 15 is 0 Å². The van der Waals surface area contributed by atoms with E-state index in [0.29, 0.717) is 0 Å². The van der Waals surface area contributed by atoms with Crippen LogP contribution in [-0.2, 0) is 21.8 Å². The zero-order valence-corrected chi connectivity index (χ0v) is 45.4. The summed E-state index contributed by atoms with van der Waals surface area (Å²) in [5.74, 6) is 4.52. The lowest BCUT2D eigenvalue weighted by atomic mass is 10.1. The Morgan fingerprint density at radius 1 is 0.339 bits per heavy atom. The maximum atomic E-state index is 2.29. The molecule has 0 N–H and O–H groups in total. The Labute approximate surface area is 400 Å². The quantitative estimate of drug-likeness (QED) is 0.115. The number of hydrogen-bond donors (Lipinski definition) is 0. The van der Waals surface area contributed by atoms with E-state index in [1.807, 2.05) is 96.9 Å². The summed E-state index contributed by atoms with van der Waals surface area (Å²) in [6.45, 7) is 30.3. The van der Waals surface area contributed by atoms with Crippen molar-refractivity contribution in [2.24, 2.45) is 0 Å². The van der Waals surface area contributed by atoms with E-state index in [1.54, 1.807) is 0 Å². The average Bonchev–Trinajstić information content (AvgIpc) is 3.38. The molecule has 1 heterocycles. The predicted octanol–water partition coefficient (Wildman–Crippen LogP) is 15.6. The van der Waals surface area contributed by atoms with E-state index in [9.17, 15) is 0 Å². The monoisotopic (exact) mass is 986 g/mol. The molecule has 338 valence electrons. The predicted molar refractivity (Wildman–Crippen MR) is 287 cm³/mol. The molecule has 0 radical (unpaired) electrons. The second-order valence-corrected chi connectivity index (χ2v) is 18.6. The van der Waals surface area contributed by atoms with Crippen LogP contribution in [0.2, 0.25) is 0 Å². The van der Waals surface area contributed by atoms with Crippen molar-refractivity contribution in [3.8, 4) is 0 Å². The van der Waals surface area contributed by atoms with Gasteiger partial charge in [-0.15, -0.1) is 0 Å². The maximum absolute atomic E-state index is 2.29. The van der Waals surface area contributed by atoms with Gasteiger partial charge in [0.1, 0.15) is 17.3 Å². The molecule has 1 fully saturated rings. The van der Waals surface area contributed by atoms with Gasteiger partial charge in [0, 0.05) is 6.42 Å². The summed E-state index contributed by atoms with van der Waals surface area (Å²) in [6, 6.07) is 70.3. The molecule has 0 saturated carbocycles. The van der Waals surface area contributed by atoms with Crippen molar-refractivity contribution < 1.29 is 21.2 Å². The van der Waals surface area contributed by atoms with Crippen molar-refractivity contribution in [1.29, 1.82) is 0 Å². The fourth-order valence-corrected chi connectivity index (χ4v) is 10.6. The lowest BCUT2D eigenvalue weighted by Gasteiger charge is -2.12. The fourth-order valence-electron chi connectivity index (χ4n) is 4.93. The van der Waals surface area contributed by atoms with E-state index in [2.05, 4.69) is 207 Å². The van der Waals surface area contributed by atoms with Crippen LogP contribution in [0.1, 0.15) is 110 Å². The summed E-state index contributed by atoms with van der Waals surface area (Å²) in [6.07, 6.45) is 1.51. The lowest BCUT2D eigenvalue weighted by Crippen LogP contribution is -3.61. The second kappa shape index (κ2) is 48.3. The molecule has 8 rings (SSSR count). The molecule has 0 bridgehead atoms. The molecule has 0 atom stereocenters. The van der Waals surface area contributed by atoms with Gasteiger partial charge >= 0.3 is 21.2 Å². The van der Waals surface area contributed by atoms with E-state index in [-0.39, 0.29) is 32.1 Å². The van der Waals surface area contributed by atoms with Crippen LogP contribution in [0.25, 0.3) is 10.8 Å². The van der Waals surface area contributed by atoms with Crippen LogP contribution in [-0.4, -0.2) is 17.3 Å². The summed E-state index contributed by atoms with van der Waals surface area (Å²) in [4.78, 5) is 4.08. The van der Waals surface area contributed by atoms with Gasteiger partial charge in [-0.2, -0.15) is 0 Å². The van der Waals surface area contributed by atoms with Gasteiger partial charge in [-0.05, 0) is 89.3 Å². The molecule has 1 aliphatic rings. The Bertz CT molecular complexity index is 1650. The first kappa shape index (κ1) is 62.5. The van der Waals surface area contributed by atoms with Gasteiger partial charge in [-0.25, -0.2) is 0 Å². The average molecular weight is 986 g/mol. The summed E-state index contributed by atoms with van der Waals surface area (Å²) in [5, 5.41) is 2.62. The Hall–Kier alpha value is -3.77. The van der Waals surface area contributed by atoms with Crippen LogP contribution in [0.5, 0.6) is 0 Å². The minimum Gasteiger partial charge on any atom is -0.0683 e. The van der Waals surface area contributed by atoms with Gasteiger partial charge in [0.15, 0.2) is 21.8 Å². The Kier molecular flexibility index (Phi) is 48.7. The van der Waals surface area contributed by atoms with Gasteiger partial charge in [0.2, 0.25) is 0 Å². The van der Waals surface area contributed by atoms with Crippen LogP contribution < -0.4 is 21.2 Å². The SMILES string of the molecule is CC.CC.CC.CC.CC.CC.CC.CC[S+]1CCC1.c1ccc([I+]c2ccccc2)cc1.c1ccc([S+](c2ccccc2)c2ccccc2)cc1.c1ccc2ccccc2c1. The topological polar surface area (TPSA) is 0 Å². The molecule has 0 spiro atoms. The van der Waals surface area contributed by atoms with Crippen LogP contribution in [0.4, 0.5) is 0 Å². The standard InChI is InChI=1S/C18H15S.C12H10I.C10H8.C5H11S.7C2H6/c1-4-10-16(11-5-1)19(17-12-6-2-7-13-17)18-14-8-3-9-15-18;1-3-7-11(8-4-1)13-12-9-5-2-6-10-12;1-2-6-10-8-4-3-7-9(10)5-1;1-2-6-4-3-5-6;7*1-2/h1-15H;1-10H;1-8H;2-5H2,1H3;7*1-2H3/q2*+1;;+1;;;;;;;. The Morgan fingerprint density at radius 3 is 0.758 bits per heavy atom. The zero-order valence-electron chi connectivity index (χ0n) is 41.6. The minimum absolute atomic E-state index is 0.0146. The maximum Gasteiger partial charge on any atom is 0.357 e. The third kappa shape index (κ3) is 28.0. The minimum atomic E-state index is -0.0146. The molecule has 0 amide bonds. The molecule has 1 aliphatic heterocycles. The molecule has 3 heteroatoms. The van der Waals surface area contributed by atoms with Crippen molar-refractivity contribution in [3.63, 3.8) is 0 Å². The third-order valence-electron chi connectivity index (χ3n) is 7.55. The van der Waals surface area contributed by atoms with Gasteiger partial charge in [0.25, 0.3) is 0 Å². The molecular formula is C59H86IS2+3. The second-order valence-electron chi connectivity index (χ2n) is 10.9. The van der Waals surface area contributed by atoms with Crippen molar-refractivity contribution in [3.05, 3.63) is 207 Å². The number of fused-ring (bicyclic) bond motifs is 1. The molecule has 1 saturated heterocycles. The smallest absolute Gasteiger partial charge is 0.0683 e. The largest absolute Gasteiger partial charge is 0.357 e. The van der Waals surface area contributed by atoms with E-state index < -0.39 is 0 Å². The Balaban J connectivity index is -0.000000714. The van der Waals surface area contributed by atoms with Crippen molar-refractivity contribution in [2.75, 3.05) is 17.3 Å². The summed E-state index contributed by atoms with van der Waals surface area (Å²) < 4.78 is 2.96. The zero-order chi connectivity index (χ0) is 47.1. The van der Waals surface area contributed by atoms with E-state index in [1.165, 1.54) is 56.3 Å². The van der Waals surface area contributed by atoms with Gasteiger partial charge in [-0.3, -0.25) is 0 Å². The van der Waals surface area contributed by atoms with Crippen molar-refractivity contribution in [2.45, 2.75) is 125 Å². The fraction of sp³-hybridized carbons (Fsp3) is 0.322. The van der Waals surface area contributed by atoms with Crippen molar-refractivity contribution in [1.82, 2.24) is 0 Å². The molecule has 0 aliphatic carbocycles. The van der Waals surface area contributed by atoms with Gasteiger partial charge in [0.05, 0.1) is 10.9 Å². The summed E-state index contributed by atoms with van der Waals surface area (Å²) in [7, 11) is 0.882. The van der Waals surface area contributed by atoms with Crippen LogP contribution in [0.15, 0.2) is 215 Å².